The SMILES string of the molecule is Cc1[nH]c(C(=O)N2CCC[C@@H]2c2nc3ccccc3[nH]2)c(C)c1C(=O)OC(C)C. The molecule has 152 valence electrons. The predicted octanol–water partition coefficient (Wildman–Crippen LogP) is 4.05. The molecule has 1 saturated heterocycles. The highest BCUT2D eigenvalue weighted by atomic mass is 16.5. The highest BCUT2D eigenvalue weighted by molar-refractivity contribution is 6.00. The molecule has 0 saturated carbocycles. The van der Waals surface area contributed by atoms with Crippen LogP contribution in [0, 0.1) is 13.8 Å². The molecule has 3 aromatic rings. The second-order valence-corrected chi connectivity index (χ2v) is 7.87. The molecule has 1 amide bonds. The summed E-state index contributed by atoms with van der Waals surface area (Å²) in [6, 6.07) is 7.75. The lowest BCUT2D eigenvalue weighted by atomic mass is 10.1. The van der Waals surface area contributed by atoms with Gasteiger partial charge in [-0.1, -0.05) is 12.1 Å². The Bertz CT molecular complexity index is 1050. The molecular formula is C22H26N4O3. The van der Waals surface area contributed by atoms with Gasteiger partial charge in [0, 0.05) is 12.2 Å². The van der Waals surface area contributed by atoms with E-state index in [2.05, 4.69) is 9.97 Å². The van der Waals surface area contributed by atoms with E-state index in [1.165, 1.54) is 0 Å². The number of ether oxygens (including phenoxy) is 1. The smallest absolute Gasteiger partial charge is 0.340 e. The summed E-state index contributed by atoms with van der Waals surface area (Å²) < 4.78 is 5.34. The Labute approximate surface area is 169 Å². The van der Waals surface area contributed by atoms with E-state index in [1.807, 2.05) is 43.0 Å². The molecule has 0 aliphatic carbocycles. The van der Waals surface area contributed by atoms with Crippen LogP contribution < -0.4 is 0 Å². The maximum absolute atomic E-state index is 13.4. The van der Waals surface area contributed by atoms with Gasteiger partial charge in [-0.25, -0.2) is 9.78 Å². The molecule has 4 rings (SSSR count). The number of carbonyl (C=O) groups excluding carboxylic acids is 2. The van der Waals surface area contributed by atoms with Crippen molar-refractivity contribution in [2.24, 2.45) is 0 Å². The van der Waals surface area contributed by atoms with Gasteiger partial charge in [0.15, 0.2) is 0 Å². The van der Waals surface area contributed by atoms with Gasteiger partial charge in [-0.2, -0.15) is 0 Å². The van der Waals surface area contributed by atoms with Gasteiger partial charge >= 0.3 is 5.97 Å². The first-order chi connectivity index (χ1) is 13.9. The number of carbonyl (C=O) groups is 2. The Morgan fingerprint density at radius 3 is 2.69 bits per heavy atom. The van der Waals surface area contributed by atoms with E-state index in [0.717, 1.165) is 29.7 Å². The number of fused-ring (bicyclic) bond motifs is 1. The summed E-state index contributed by atoms with van der Waals surface area (Å²) in [6.45, 7) is 7.86. The molecule has 7 heteroatoms. The van der Waals surface area contributed by atoms with Crippen molar-refractivity contribution in [3.63, 3.8) is 0 Å². The zero-order valence-electron chi connectivity index (χ0n) is 17.2. The molecule has 1 atom stereocenters. The van der Waals surface area contributed by atoms with Gasteiger partial charge in [0.25, 0.3) is 5.91 Å². The number of esters is 1. The summed E-state index contributed by atoms with van der Waals surface area (Å²) in [5.41, 5.74) is 4.03. The maximum atomic E-state index is 13.4. The summed E-state index contributed by atoms with van der Waals surface area (Å²) in [7, 11) is 0. The molecule has 1 aliphatic heterocycles. The van der Waals surface area contributed by atoms with Crippen LogP contribution in [0.3, 0.4) is 0 Å². The second-order valence-electron chi connectivity index (χ2n) is 7.87. The van der Waals surface area contributed by atoms with Crippen molar-refractivity contribution in [1.29, 1.82) is 0 Å². The number of nitrogens with zero attached hydrogens (tertiary/aromatic N) is 2. The number of rotatable bonds is 4. The molecule has 1 aliphatic rings. The van der Waals surface area contributed by atoms with Crippen LogP contribution in [0.1, 0.15) is 70.7 Å². The molecule has 0 radical (unpaired) electrons. The Morgan fingerprint density at radius 1 is 1.21 bits per heavy atom. The average Bonchev–Trinajstić information content (AvgIpc) is 3.36. The molecule has 0 bridgehead atoms. The summed E-state index contributed by atoms with van der Waals surface area (Å²) in [5, 5.41) is 0. The van der Waals surface area contributed by atoms with Crippen molar-refractivity contribution in [2.45, 2.75) is 52.7 Å². The van der Waals surface area contributed by atoms with Crippen molar-refractivity contribution in [1.82, 2.24) is 19.9 Å². The quantitative estimate of drug-likeness (QED) is 0.653. The predicted molar refractivity (Wildman–Crippen MR) is 110 cm³/mol. The number of H-pyrrole nitrogens is 2. The van der Waals surface area contributed by atoms with Crippen molar-refractivity contribution >= 4 is 22.9 Å². The van der Waals surface area contributed by atoms with Crippen LogP contribution in [0.25, 0.3) is 11.0 Å². The van der Waals surface area contributed by atoms with Crippen molar-refractivity contribution < 1.29 is 14.3 Å². The van der Waals surface area contributed by atoms with Gasteiger partial charge < -0.3 is 19.6 Å². The summed E-state index contributed by atoms with van der Waals surface area (Å²) in [4.78, 5) is 38.8. The number of amides is 1. The Hall–Kier alpha value is -3.09. The number of nitrogens with one attached hydrogen (secondary N) is 2. The van der Waals surface area contributed by atoms with E-state index >= 15 is 0 Å². The van der Waals surface area contributed by atoms with Crippen molar-refractivity contribution in [2.75, 3.05) is 6.54 Å². The number of aromatic nitrogens is 3. The van der Waals surface area contributed by atoms with Crippen LogP contribution in [0.15, 0.2) is 24.3 Å². The largest absolute Gasteiger partial charge is 0.459 e. The van der Waals surface area contributed by atoms with E-state index in [1.54, 1.807) is 13.8 Å². The van der Waals surface area contributed by atoms with Crippen LogP contribution in [-0.2, 0) is 4.74 Å². The van der Waals surface area contributed by atoms with Crippen LogP contribution in [0.4, 0.5) is 0 Å². The lowest BCUT2D eigenvalue weighted by Crippen LogP contribution is -2.31. The average molecular weight is 394 g/mol. The van der Waals surface area contributed by atoms with Gasteiger partial charge in [0.2, 0.25) is 0 Å². The van der Waals surface area contributed by atoms with Gasteiger partial charge in [0.1, 0.15) is 11.5 Å². The number of likely N-dealkylation sites (tertiary alicyclic amines) is 1. The molecular weight excluding hydrogens is 368 g/mol. The third kappa shape index (κ3) is 3.41. The van der Waals surface area contributed by atoms with E-state index in [0.29, 0.717) is 29.1 Å². The van der Waals surface area contributed by atoms with Gasteiger partial charge in [-0.15, -0.1) is 0 Å². The molecule has 2 aromatic heterocycles. The number of aryl methyl sites for hydroxylation is 1. The monoisotopic (exact) mass is 394 g/mol. The first kappa shape index (κ1) is 19.2. The van der Waals surface area contributed by atoms with Gasteiger partial charge in [-0.3, -0.25) is 4.79 Å². The third-order valence-electron chi connectivity index (χ3n) is 5.44. The highest BCUT2D eigenvalue weighted by Gasteiger charge is 2.35. The summed E-state index contributed by atoms with van der Waals surface area (Å²) in [5.74, 6) is 0.287. The molecule has 7 nitrogen and oxygen atoms in total. The molecule has 1 aromatic carbocycles. The zero-order chi connectivity index (χ0) is 20.7. The Morgan fingerprint density at radius 2 is 1.97 bits per heavy atom. The fourth-order valence-corrected chi connectivity index (χ4v) is 4.11. The second kappa shape index (κ2) is 7.39. The number of benzene rings is 1. The molecule has 29 heavy (non-hydrogen) atoms. The first-order valence-corrected chi connectivity index (χ1v) is 10.0. The molecule has 0 unspecified atom stereocenters. The van der Waals surface area contributed by atoms with E-state index in [-0.39, 0.29) is 18.1 Å². The van der Waals surface area contributed by atoms with Gasteiger partial charge in [0.05, 0.1) is 28.7 Å². The topological polar surface area (TPSA) is 91.1 Å². The third-order valence-corrected chi connectivity index (χ3v) is 5.44. The first-order valence-electron chi connectivity index (χ1n) is 10.0. The molecule has 1 fully saturated rings. The number of imidazole rings is 1. The Kier molecular flexibility index (Phi) is 4.90. The van der Waals surface area contributed by atoms with E-state index in [4.69, 9.17) is 9.72 Å². The molecule has 0 spiro atoms. The van der Waals surface area contributed by atoms with Crippen LogP contribution >= 0.6 is 0 Å². The lowest BCUT2D eigenvalue weighted by Gasteiger charge is -2.23. The summed E-state index contributed by atoms with van der Waals surface area (Å²) >= 11 is 0. The fourth-order valence-electron chi connectivity index (χ4n) is 4.11. The minimum absolute atomic E-state index is 0.107. The van der Waals surface area contributed by atoms with Crippen LogP contribution in [0.5, 0.6) is 0 Å². The minimum Gasteiger partial charge on any atom is -0.459 e. The number of hydrogen-bond acceptors (Lipinski definition) is 4. The normalized spacial score (nSPS) is 16.7. The summed E-state index contributed by atoms with van der Waals surface area (Å²) in [6.07, 6.45) is 1.55. The minimum atomic E-state index is -0.402. The number of hydrogen-bond donors (Lipinski definition) is 2. The van der Waals surface area contributed by atoms with E-state index in [9.17, 15) is 9.59 Å². The lowest BCUT2D eigenvalue weighted by molar-refractivity contribution is 0.0376. The standard InChI is InChI=1S/C22H26N4O3/c1-12(2)29-22(28)18-13(3)19(23-14(18)4)21(27)26-11-7-10-17(26)20-24-15-8-5-6-9-16(15)25-20/h5-6,8-9,12,17,23H,7,10-11H2,1-4H3,(H,24,25)/t17-/m1/s1. The molecule has 3 heterocycles. The van der Waals surface area contributed by atoms with Crippen molar-refractivity contribution in [3.8, 4) is 0 Å². The fraction of sp³-hybridized carbons (Fsp3) is 0.409. The van der Waals surface area contributed by atoms with Crippen LogP contribution in [-0.4, -0.2) is 44.4 Å². The maximum Gasteiger partial charge on any atom is 0.340 e. The Balaban J connectivity index is 1.64. The highest BCUT2D eigenvalue weighted by Crippen LogP contribution is 2.33. The van der Waals surface area contributed by atoms with Crippen molar-refractivity contribution in [3.05, 3.63) is 52.6 Å². The molecule has 2 N–H and O–H groups in total. The van der Waals surface area contributed by atoms with Crippen LogP contribution in [0.2, 0.25) is 0 Å². The number of aromatic amines is 2. The van der Waals surface area contributed by atoms with Gasteiger partial charge in [-0.05, 0) is 58.2 Å². The van der Waals surface area contributed by atoms with E-state index < -0.39 is 5.97 Å². The zero-order valence-corrected chi connectivity index (χ0v) is 17.2. The number of para-hydroxylation sites is 2.